The van der Waals surface area contributed by atoms with Crippen LogP contribution in [-0.4, -0.2) is 77.3 Å². The third-order valence-corrected chi connectivity index (χ3v) is 8.91. The molecular formula is C23H31N5O8S2. The first-order valence-electron chi connectivity index (χ1n) is 11.7. The van der Waals surface area contributed by atoms with Gasteiger partial charge < -0.3 is 30.1 Å². The number of carbonyl (C=O) groups is 1. The van der Waals surface area contributed by atoms with E-state index in [1.807, 2.05) is 0 Å². The number of aryl methyl sites for hydroxylation is 1. The number of nitrogens with two attached hydrogens (primary N) is 2. The molecule has 15 heteroatoms. The van der Waals surface area contributed by atoms with Gasteiger partial charge in [0.25, 0.3) is 0 Å². The Morgan fingerprint density at radius 1 is 0.947 bits per heavy atom. The van der Waals surface area contributed by atoms with Gasteiger partial charge in [0, 0.05) is 39.5 Å². The summed E-state index contributed by atoms with van der Waals surface area (Å²) >= 11 is 0. The maximum absolute atomic E-state index is 13.4. The molecule has 0 spiro atoms. The van der Waals surface area contributed by atoms with Crippen molar-refractivity contribution in [3.05, 3.63) is 48.0 Å². The summed E-state index contributed by atoms with van der Waals surface area (Å²) in [6.45, 7) is 4.00. The van der Waals surface area contributed by atoms with Gasteiger partial charge in [-0.2, -0.15) is 12.7 Å². The highest BCUT2D eigenvalue weighted by atomic mass is 32.2. The fourth-order valence-corrected chi connectivity index (χ4v) is 6.78. The number of sulfonamides is 1. The van der Waals surface area contributed by atoms with E-state index in [9.17, 15) is 21.6 Å². The number of oxime groups is 1. The highest BCUT2D eigenvalue weighted by molar-refractivity contribution is 7.91. The van der Waals surface area contributed by atoms with Gasteiger partial charge in [-0.3, -0.25) is 4.79 Å². The van der Waals surface area contributed by atoms with Gasteiger partial charge in [-0.05, 0) is 41.9 Å². The minimum absolute atomic E-state index is 0.0417. The van der Waals surface area contributed by atoms with Gasteiger partial charge >= 0.3 is 10.1 Å². The standard InChI is InChI=1S/C23H31N5O8S2/c1-17-8-9-19(20(16-17)34-14-5-15-35-26-23(24)25)36-38(32,33)22-7-4-3-6-21(22)37(30,31)28-12-10-27(11-13-28)18(2)29/h3-4,6-9,16H,5,10-15H2,1-2H3,(H4,24,25,26). The Morgan fingerprint density at radius 2 is 1.61 bits per heavy atom. The lowest BCUT2D eigenvalue weighted by molar-refractivity contribution is -0.129. The topological polar surface area (TPSA) is 184 Å². The third-order valence-electron chi connectivity index (χ3n) is 5.53. The van der Waals surface area contributed by atoms with Crippen molar-refractivity contribution < 1.29 is 35.4 Å². The van der Waals surface area contributed by atoms with Crippen LogP contribution in [-0.2, 0) is 29.8 Å². The molecule has 1 aliphatic rings. The van der Waals surface area contributed by atoms with E-state index >= 15 is 0 Å². The number of benzene rings is 2. The van der Waals surface area contributed by atoms with Gasteiger partial charge in [-0.25, -0.2) is 8.42 Å². The third kappa shape index (κ3) is 7.26. The van der Waals surface area contributed by atoms with Crippen molar-refractivity contribution in [2.45, 2.75) is 30.1 Å². The summed E-state index contributed by atoms with van der Waals surface area (Å²) in [6.07, 6.45) is 0.384. The van der Waals surface area contributed by atoms with Crippen LogP contribution in [0.2, 0.25) is 0 Å². The molecular weight excluding hydrogens is 538 g/mol. The summed E-state index contributed by atoms with van der Waals surface area (Å²) in [5.74, 6) is -0.332. The Hall–Kier alpha value is -3.56. The van der Waals surface area contributed by atoms with Crippen LogP contribution in [0.1, 0.15) is 18.9 Å². The van der Waals surface area contributed by atoms with Gasteiger partial charge in [-0.1, -0.05) is 18.2 Å². The Balaban J connectivity index is 1.81. The second-order valence-corrected chi connectivity index (χ2v) is 11.8. The first kappa shape index (κ1) is 29.0. The summed E-state index contributed by atoms with van der Waals surface area (Å²) in [4.78, 5) is 17.1. The summed E-state index contributed by atoms with van der Waals surface area (Å²) in [6, 6.07) is 9.89. The average Bonchev–Trinajstić information content (AvgIpc) is 2.87. The molecule has 1 amide bonds. The lowest BCUT2D eigenvalue weighted by Gasteiger charge is -2.33. The molecule has 4 N–H and O–H groups in total. The number of hydrogen-bond acceptors (Lipinski definition) is 9. The molecule has 13 nitrogen and oxygen atoms in total. The number of ether oxygens (including phenoxy) is 1. The molecule has 1 aliphatic heterocycles. The molecule has 1 saturated heterocycles. The number of guanidine groups is 1. The van der Waals surface area contributed by atoms with Crippen LogP contribution in [0.5, 0.6) is 11.5 Å². The van der Waals surface area contributed by atoms with Gasteiger partial charge in [0.1, 0.15) is 16.4 Å². The number of rotatable bonds is 11. The first-order valence-corrected chi connectivity index (χ1v) is 14.5. The smallest absolute Gasteiger partial charge is 0.340 e. The van der Waals surface area contributed by atoms with Gasteiger partial charge in [0.05, 0.1) is 6.61 Å². The van der Waals surface area contributed by atoms with E-state index in [0.29, 0.717) is 6.42 Å². The Labute approximate surface area is 222 Å². The van der Waals surface area contributed by atoms with E-state index in [1.54, 1.807) is 19.1 Å². The summed E-state index contributed by atoms with van der Waals surface area (Å²) in [7, 11) is -8.80. The Kier molecular flexibility index (Phi) is 9.40. The van der Waals surface area contributed by atoms with E-state index in [1.165, 1.54) is 42.2 Å². The minimum Gasteiger partial charge on any atom is -0.489 e. The minimum atomic E-state index is -4.59. The van der Waals surface area contributed by atoms with Crippen LogP contribution in [0, 0.1) is 6.92 Å². The zero-order chi connectivity index (χ0) is 27.9. The van der Waals surface area contributed by atoms with Gasteiger partial charge in [-0.15, -0.1) is 0 Å². The predicted octanol–water partition coefficient (Wildman–Crippen LogP) is 0.589. The van der Waals surface area contributed by atoms with E-state index in [0.717, 1.165) is 9.87 Å². The van der Waals surface area contributed by atoms with Crippen molar-refractivity contribution in [2.75, 3.05) is 39.4 Å². The molecule has 0 radical (unpaired) electrons. The second-order valence-electron chi connectivity index (χ2n) is 8.40. The summed E-state index contributed by atoms with van der Waals surface area (Å²) < 4.78 is 65.7. The molecule has 38 heavy (non-hydrogen) atoms. The molecule has 1 heterocycles. The Morgan fingerprint density at radius 3 is 2.24 bits per heavy atom. The quantitative estimate of drug-likeness (QED) is 0.128. The zero-order valence-electron chi connectivity index (χ0n) is 21.1. The van der Waals surface area contributed by atoms with Gasteiger partial charge in [0.15, 0.2) is 11.5 Å². The van der Waals surface area contributed by atoms with E-state index in [4.69, 9.17) is 25.2 Å². The number of hydrogen-bond donors (Lipinski definition) is 2. The predicted molar refractivity (Wildman–Crippen MR) is 138 cm³/mol. The lowest BCUT2D eigenvalue weighted by atomic mass is 10.2. The highest BCUT2D eigenvalue weighted by Crippen LogP contribution is 2.33. The van der Waals surface area contributed by atoms with Crippen LogP contribution < -0.4 is 20.4 Å². The van der Waals surface area contributed by atoms with Crippen molar-refractivity contribution in [3.63, 3.8) is 0 Å². The Bertz CT molecular complexity index is 1380. The van der Waals surface area contributed by atoms with Crippen LogP contribution in [0.15, 0.2) is 57.4 Å². The molecule has 208 valence electrons. The lowest BCUT2D eigenvalue weighted by Crippen LogP contribution is -2.50. The summed E-state index contributed by atoms with van der Waals surface area (Å²) in [5, 5.41) is 3.40. The molecule has 3 rings (SSSR count). The molecule has 0 bridgehead atoms. The van der Waals surface area contributed by atoms with Crippen molar-refractivity contribution in [2.24, 2.45) is 16.6 Å². The van der Waals surface area contributed by atoms with Crippen LogP contribution in [0.3, 0.4) is 0 Å². The molecule has 0 saturated carbocycles. The molecule has 0 aliphatic carbocycles. The number of amides is 1. The maximum atomic E-state index is 13.4. The SMILES string of the molecule is CC(=O)N1CCN(S(=O)(=O)c2ccccc2S(=O)(=O)Oc2ccc(C)cc2OCCCON=C(N)N)CC1. The average molecular weight is 570 g/mol. The van der Waals surface area contributed by atoms with Crippen LogP contribution in [0.25, 0.3) is 0 Å². The fraction of sp³-hybridized carbons (Fsp3) is 0.391. The molecule has 0 aromatic heterocycles. The monoisotopic (exact) mass is 569 g/mol. The van der Waals surface area contributed by atoms with Crippen molar-refractivity contribution in [3.8, 4) is 11.5 Å². The highest BCUT2D eigenvalue weighted by Gasteiger charge is 2.34. The molecule has 2 aromatic rings. The van der Waals surface area contributed by atoms with Crippen LogP contribution in [0.4, 0.5) is 0 Å². The maximum Gasteiger partial charge on any atom is 0.340 e. The van der Waals surface area contributed by atoms with Gasteiger partial charge in [0.2, 0.25) is 21.9 Å². The zero-order valence-corrected chi connectivity index (χ0v) is 22.7. The van der Waals surface area contributed by atoms with E-state index < -0.39 is 29.9 Å². The number of nitrogens with zero attached hydrogens (tertiary/aromatic N) is 3. The fourth-order valence-electron chi connectivity index (χ4n) is 3.64. The summed E-state index contributed by atoms with van der Waals surface area (Å²) in [5.41, 5.74) is 11.1. The number of piperazine rings is 1. The normalized spacial score (nSPS) is 14.5. The number of carbonyl (C=O) groups excluding carboxylic acids is 1. The first-order chi connectivity index (χ1) is 17.9. The van der Waals surface area contributed by atoms with E-state index in [-0.39, 0.29) is 62.8 Å². The van der Waals surface area contributed by atoms with Crippen molar-refractivity contribution in [1.29, 1.82) is 0 Å². The van der Waals surface area contributed by atoms with Crippen molar-refractivity contribution >= 4 is 32.0 Å². The van der Waals surface area contributed by atoms with Crippen molar-refractivity contribution in [1.82, 2.24) is 9.21 Å². The molecule has 0 unspecified atom stereocenters. The molecule has 0 atom stereocenters. The largest absolute Gasteiger partial charge is 0.489 e. The molecule has 2 aromatic carbocycles. The second kappa shape index (κ2) is 12.3. The van der Waals surface area contributed by atoms with Crippen LogP contribution >= 0.6 is 0 Å². The van der Waals surface area contributed by atoms with E-state index in [2.05, 4.69) is 5.16 Å². The molecule has 1 fully saturated rings.